The summed E-state index contributed by atoms with van der Waals surface area (Å²) >= 11 is 1.49. The molecule has 17 heavy (non-hydrogen) atoms. The van der Waals surface area contributed by atoms with Crippen LogP contribution in [-0.2, 0) is 16.0 Å². The maximum absolute atomic E-state index is 11.0. The Labute approximate surface area is 104 Å². The first-order chi connectivity index (χ1) is 8.28. The summed E-state index contributed by atoms with van der Waals surface area (Å²) in [5.74, 6) is 0. The number of nitrogens with zero attached hydrogens (tertiary/aromatic N) is 1. The molecule has 0 bridgehead atoms. The molecule has 0 radical (unpaired) electrons. The van der Waals surface area contributed by atoms with E-state index >= 15 is 0 Å². The lowest BCUT2D eigenvalue weighted by atomic mass is 10.4. The monoisotopic (exact) mass is 258 g/mol. The highest BCUT2D eigenvalue weighted by molar-refractivity contribution is 7.15. The molecular weight excluding hydrogens is 242 g/mol. The maximum Gasteiger partial charge on any atom is 0.413 e. The molecule has 94 valence electrons. The third kappa shape index (κ3) is 3.65. The van der Waals surface area contributed by atoms with Gasteiger partial charge in [0.2, 0.25) is 0 Å². The number of anilines is 1. The zero-order chi connectivity index (χ0) is 12.1. The zero-order valence-corrected chi connectivity index (χ0v) is 10.5. The zero-order valence-electron chi connectivity index (χ0n) is 9.69. The minimum absolute atomic E-state index is 0.482. The molecule has 0 saturated carbocycles. The Balaban J connectivity index is 1.86. The highest BCUT2D eigenvalue weighted by atomic mass is 32.1. The van der Waals surface area contributed by atoms with Crippen LogP contribution in [0.5, 0.6) is 0 Å². The average molecular weight is 258 g/mol. The van der Waals surface area contributed by atoms with Crippen molar-refractivity contribution in [3.8, 4) is 0 Å². The first kappa shape index (κ1) is 12.3. The van der Waals surface area contributed by atoms with Gasteiger partial charge in [-0.15, -0.1) is 0 Å². The normalized spacial score (nSPS) is 16.8. The number of aromatic nitrogens is 1. The van der Waals surface area contributed by atoms with Crippen LogP contribution in [-0.4, -0.2) is 44.5 Å². The van der Waals surface area contributed by atoms with Gasteiger partial charge in [-0.1, -0.05) is 11.3 Å². The summed E-state index contributed by atoms with van der Waals surface area (Å²) in [6.45, 7) is 4.63. The van der Waals surface area contributed by atoms with Crippen molar-refractivity contribution in [1.29, 1.82) is 0 Å². The van der Waals surface area contributed by atoms with E-state index in [0.29, 0.717) is 5.13 Å². The van der Waals surface area contributed by atoms with E-state index < -0.39 is 6.09 Å². The number of quaternary nitrogens is 1. The maximum atomic E-state index is 11.0. The van der Waals surface area contributed by atoms with Gasteiger partial charge in [0.25, 0.3) is 0 Å². The fourth-order valence-corrected chi connectivity index (χ4v) is 2.54. The Morgan fingerprint density at radius 2 is 2.41 bits per heavy atom. The number of hydrogen-bond acceptors (Lipinski definition) is 5. The molecule has 6 nitrogen and oxygen atoms in total. The van der Waals surface area contributed by atoms with Gasteiger partial charge in [0.15, 0.2) is 5.13 Å². The van der Waals surface area contributed by atoms with Crippen molar-refractivity contribution in [1.82, 2.24) is 4.98 Å². The van der Waals surface area contributed by atoms with Crippen molar-refractivity contribution in [3.63, 3.8) is 0 Å². The highest BCUT2D eigenvalue weighted by Gasteiger charge is 2.16. The number of thiazole rings is 1. The molecule has 0 aromatic carbocycles. The van der Waals surface area contributed by atoms with E-state index in [9.17, 15) is 4.79 Å². The number of carbonyl (C=O) groups is 1. The third-order valence-electron chi connectivity index (χ3n) is 2.57. The van der Waals surface area contributed by atoms with Crippen molar-refractivity contribution in [2.24, 2.45) is 0 Å². The summed E-state index contributed by atoms with van der Waals surface area (Å²) in [4.78, 5) is 17.8. The Morgan fingerprint density at radius 3 is 3.12 bits per heavy atom. The van der Waals surface area contributed by atoms with Crippen LogP contribution >= 0.6 is 11.3 Å². The lowest BCUT2D eigenvalue weighted by Crippen LogP contribution is -3.12. The second-order valence-corrected chi connectivity index (χ2v) is 4.90. The molecule has 0 aliphatic carbocycles. The molecule has 2 heterocycles. The summed E-state index contributed by atoms with van der Waals surface area (Å²) in [7, 11) is 1.34. The van der Waals surface area contributed by atoms with E-state index in [-0.39, 0.29) is 0 Å². The smallest absolute Gasteiger partial charge is 0.413 e. The van der Waals surface area contributed by atoms with Crippen molar-refractivity contribution < 1.29 is 19.2 Å². The van der Waals surface area contributed by atoms with Gasteiger partial charge in [0.1, 0.15) is 19.6 Å². The SMILES string of the molecule is COC(=O)Nc1ncc(C[NH+]2CCOCC2)s1. The topological polar surface area (TPSA) is 64.9 Å². The van der Waals surface area contributed by atoms with Gasteiger partial charge in [0.05, 0.1) is 25.2 Å². The van der Waals surface area contributed by atoms with Gasteiger partial charge in [-0.3, -0.25) is 5.32 Å². The first-order valence-electron chi connectivity index (χ1n) is 5.49. The molecule has 0 spiro atoms. The van der Waals surface area contributed by atoms with Crippen LogP contribution in [0.25, 0.3) is 0 Å². The lowest BCUT2D eigenvalue weighted by molar-refractivity contribution is -0.921. The summed E-state index contributed by atoms with van der Waals surface area (Å²) in [5, 5.41) is 3.14. The predicted octanol–water partition coefficient (Wildman–Crippen LogP) is -0.264. The molecule has 1 saturated heterocycles. The second-order valence-electron chi connectivity index (χ2n) is 3.79. The van der Waals surface area contributed by atoms with Gasteiger partial charge in [0, 0.05) is 6.20 Å². The molecule has 2 rings (SSSR count). The molecule has 1 fully saturated rings. The highest BCUT2D eigenvalue weighted by Crippen LogP contribution is 2.17. The average Bonchev–Trinajstić information content (AvgIpc) is 2.77. The van der Waals surface area contributed by atoms with Crippen LogP contribution in [0.15, 0.2) is 6.20 Å². The number of ether oxygens (including phenoxy) is 2. The van der Waals surface area contributed by atoms with E-state index in [4.69, 9.17) is 4.74 Å². The fourth-order valence-electron chi connectivity index (χ4n) is 1.67. The van der Waals surface area contributed by atoms with Crippen LogP contribution in [0.1, 0.15) is 4.88 Å². The Hall–Kier alpha value is -1.18. The molecule has 1 aromatic rings. The number of morpholine rings is 1. The molecule has 0 atom stereocenters. The Kier molecular flexibility index (Phi) is 4.29. The van der Waals surface area contributed by atoms with E-state index in [1.54, 1.807) is 6.20 Å². The lowest BCUT2D eigenvalue weighted by Gasteiger charge is -2.22. The first-order valence-corrected chi connectivity index (χ1v) is 6.30. The van der Waals surface area contributed by atoms with E-state index in [1.165, 1.54) is 23.3 Å². The van der Waals surface area contributed by atoms with Gasteiger partial charge >= 0.3 is 6.09 Å². The Morgan fingerprint density at radius 1 is 1.65 bits per heavy atom. The van der Waals surface area contributed by atoms with E-state index in [0.717, 1.165) is 37.7 Å². The predicted molar refractivity (Wildman–Crippen MR) is 63.4 cm³/mol. The van der Waals surface area contributed by atoms with Gasteiger partial charge < -0.3 is 14.4 Å². The quantitative estimate of drug-likeness (QED) is 0.784. The molecular formula is C10H16N3O3S+. The number of methoxy groups -OCH3 is 1. The van der Waals surface area contributed by atoms with Crippen molar-refractivity contribution >= 4 is 22.6 Å². The van der Waals surface area contributed by atoms with E-state index in [2.05, 4.69) is 15.0 Å². The molecule has 7 heteroatoms. The van der Waals surface area contributed by atoms with Crippen LogP contribution < -0.4 is 10.2 Å². The number of rotatable bonds is 3. The summed E-state index contributed by atoms with van der Waals surface area (Å²) < 4.78 is 9.81. The second kappa shape index (κ2) is 5.95. The van der Waals surface area contributed by atoms with Crippen LogP contribution in [0.2, 0.25) is 0 Å². The number of amides is 1. The van der Waals surface area contributed by atoms with Gasteiger partial charge in [-0.05, 0) is 0 Å². The minimum atomic E-state index is -0.482. The number of carbonyl (C=O) groups excluding carboxylic acids is 1. The standard InChI is InChI=1S/C10H15N3O3S/c1-15-10(14)12-9-11-6-8(17-9)7-13-2-4-16-5-3-13/h6H,2-5,7H2,1H3,(H,11,12,14)/p+1. The van der Waals surface area contributed by atoms with Gasteiger partial charge in [-0.2, -0.15) is 0 Å². The minimum Gasteiger partial charge on any atom is -0.453 e. The van der Waals surface area contributed by atoms with Crippen LogP contribution in [0.3, 0.4) is 0 Å². The molecule has 2 N–H and O–H groups in total. The van der Waals surface area contributed by atoms with Crippen molar-refractivity contribution in [2.45, 2.75) is 6.54 Å². The summed E-state index contributed by atoms with van der Waals surface area (Å²) in [5.41, 5.74) is 0. The van der Waals surface area contributed by atoms with Crippen molar-refractivity contribution in [3.05, 3.63) is 11.1 Å². The summed E-state index contributed by atoms with van der Waals surface area (Å²) in [6.07, 6.45) is 1.32. The van der Waals surface area contributed by atoms with Crippen LogP contribution in [0, 0.1) is 0 Å². The van der Waals surface area contributed by atoms with Crippen LogP contribution in [0.4, 0.5) is 9.93 Å². The van der Waals surface area contributed by atoms with Gasteiger partial charge in [-0.25, -0.2) is 9.78 Å². The van der Waals surface area contributed by atoms with E-state index in [1.807, 2.05) is 0 Å². The Bertz CT molecular complexity index is 377. The fraction of sp³-hybridized carbons (Fsp3) is 0.600. The number of hydrogen-bond donors (Lipinski definition) is 2. The molecule has 1 aliphatic rings. The molecule has 0 unspecified atom stereocenters. The van der Waals surface area contributed by atoms with Crippen molar-refractivity contribution in [2.75, 3.05) is 38.7 Å². The number of nitrogens with one attached hydrogen (secondary N) is 2. The largest absolute Gasteiger partial charge is 0.453 e. The molecule has 1 amide bonds. The molecule has 1 aromatic heterocycles. The molecule has 1 aliphatic heterocycles. The third-order valence-corrected chi connectivity index (χ3v) is 3.48. The summed E-state index contributed by atoms with van der Waals surface area (Å²) in [6, 6.07) is 0.